The lowest BCUT2D eigenvalue weighted by atomic mass is 10.2. The van der Waals surface area contributed by atoms with Crippen molar-refractivity contribution >= 4 is 16.9 Å². The summed E-state index contributed by atoms with van der Waals surface area (Å²) in [6.07, 6.45) is 5.55. The summed E-state index contributed by atoms with van der Waals surface area (Å²) >= 11 is 0. The van der Waals surface area contributed by atoms with Crippen LogP contribution in [0, 0.1) is 0 Å². The molecule has 0 aliphatic heterocycles. The molecule has 3 heterocycles. The predicted octanol–water partition coefficient (Wildman–Crippen LogP) is 1.34. The first-order chi connectivity index (χ1) is 11.2. The lowest BCUT2D eigenvalue weighted by Crippen LogP contribution is -2.26. The molecule has 0 saturated carbocycles. The summed E-state index contributed by atoms with van der Waals surface area (Å²) in [6, 6.07) is 5.57. The molecule has 0 aliphatic carbocycles. The van der Waals surface area contributed by atoms with E-state index in [2.05, 4.69) is 20.4 Å². The number of hydrogen-bond acceptors (Lipinski definition) is 5. The number of ether oxygens (including phenoxy) is 1. The van der Waals surface area contributed by atoms with Crippen molar-refractivity contribution < 1.29 is 9.53 Å². The third-order valence-corrected chi connectivity index (χ3v) is 3.58. The maximum Gasteiger partial charge on any atom is 0.252 e. The number of rotatable bonds is 5. The number of aromatic nitrogens is 4. The number of methoxy groups -OCH3 is 1. The zero-order chi connectivity index (χ0) is 16.2. The van der Waals surface area contributed by atoms with Crippen molar-refractivity contribution in [1.82, 2.24) is 25.1 Å². The van der Waals surface area contributed by atoms with Crippen LogP contribution in [0.3, 0.4) is 0 Å². The van der Waals surface area contributed by atoms with E-state index in [0.717, 1.165) is 16.6 Å². The maximum absolute atomic E-state index is 12.2. The van der Waals surface area contributed by atoms with Gasteiger partial charge in [-0.1, -0.05) is 6.07 Å². The minimum absolute atomic E-state index is 0.163. The van der Waals surface area contributed by atoms with Crippen LogP contribution in [0.5, 0.6) is 5.88 Å². The van der Waals surface area contributed by atoms with Crippen LogP contribution < -0.4 is 10.1 Å². The average Bonchev–Trinajstić information content (AvgIpc) is 2.96. The second-order valence-electron chi connectivity index (χ2n) is 5.07. The summed E-state index contributed by atoms with van der Waals surface area (Å²) in [6.45, 7) is 0.490. The molecule has 0 radical (unpaired) electrons. The Labute approximate surface area is 133 Å². The highest BCUT2D eigenvalue weighted by Gasteiger charge is 2.10. The Morgan fingerprint density at radius 3 is 3.04 bits per heavy atom. The zero-order valence-corrected chi connectivity index (χ0v) is 13.0. The average molecular weight is 311 g/mol. The van der Waals surface area contributed by atoms with Gasteiger partial charge in [-0.15, -0.1) is 0 Å². The highest BCUT2D eigenvalue weighted by atomic mass is 16.5. The highest BCUT2D eigenvalue weighted by molar-refractivity contribution is 5.96. The molecule has 7 heteroatoms. The van der Waals surface area contributed by atoms with Crippen molar-refractivity contribution in [3.63, 3.8) is 0 Å². The van der Waals surface area contributed by atoms with Crippen molar-refractivity contribution in [2.45, 2.75) is 6.42 Å². The second-order valence-corrected chi connectivity index (χ2v) is 5.07. The molecule has 0 atom stereocenters. The maximum atomic E-state index is 12.2. The van der Waals surface area contributed by atoms with E-state index in [4.69, 9.17) is 4.74 Å². The van der Waals surface area contributed by atoms with Gasteiger partial charge >= 0.3 is 0 Å². The van der Waals surface area contributed by atoms with Crippen LogP contribution in [-0.4, -0.2) is 39.3 Å². The van der Waals surface area contributed by atoms with Crippen LogP contribution in [0.4, 0.5) is 0 Å². The lowest BCUT2D eigenvalue weighted by Gasteiger charge is -2.08. The van der Waals surface area contributed by atoms with Crippen LogP contribution in [0.2, 0.25) is 0 Å². The Hall–Kier alpha value is -2.96. The zero-order valence-electron chi connectivity index (χ0n) is 13.0. The van der Waals surface area contributed by atoms with Gasteiger partial charge in [-0.05, 0) is 18.6 Å². The Morgan fingerprint density at radius 2 is 2.22 bits per heavy atom. The Morgan fingerprint density at radius 1 is 1.35 bits per heavy atom. The van der Waals surface area contributed by atoms with Crippen molar-refractivity contribution in [3.8, 4) is 5.88 Å². The number of pyridine rings is 2. The summed E-state index contributed by atoms with van der Waals surface area (Å²) in [4.78, 5) is 20.6. The first-order valence-corrected chi connectivity index (χ1v) is 7.23. The first-order valence-electron chi connectivity index (χ1n) is 7.23. The minimum Gasteiger partial charge on any atom is -0.481 e. The number of nitrogens with one attached hydrogen (secondary N) is 1. The van der Waals surface area contributed by atoms with Crippen molar-refractivity contribution in [2.24, 2.45) is 7.05 Å². The van der Waals surface area contributed by atoms with E-state index in [-0.39, 0.29) is 5.91 Å². The highest BCUT2D eigenvalue weighted by Crippen LogP contribution is 2.14. The van der Waals surface area contributed by atoms with Crippen molar-refractivity contribution in [1.29, 1.82) is 0 Å². The monoisotopic (exact) mass is 311 g/mol. The van der Waals surface area contributed by atoms with Crippen LogP contribution >= 0.6 is 0 Å². The van der Waals surface area contributed by atoms with Gasteiger partial charge in [0.05, 0.1) is 24.4 Å². The molecule has 0 fully saturated rings. The number of amides is 1. The van der Waals surface area contributed by atoms with Crippen LogP contribution in [0.1, 0.15) is 15.9 Å². The van der Waals surface area contributed by atoms with Gasteiger partial charge in [-0.3, -0.25) is 14.5 Å². The number of carbonyl (C=O) groups excluding carboxylic acids is 1. The summed E-state index contributed by atoms with van der Waals surface area (Å²) in [5.41, 5.74) is 3.06. The number of aryl methyl sites for hydroxylation is 1. The van der Waals surface area contributed by atoms with E-state index in [0.29, 0.717) is 24.4 Å². The molecular formula is C16H17N5O2. The molecule has 0 unspecified atom stereocenters. The topological polar surface area (TPSA) is 81.9 Å². The number of fused-ring (bicyclic) bond motifs is 1. The van der Waals surface area contributed by atoms with Crippen LogP contribution in [0.25, 0.3) is 11.0 Å². The van der Waals surface area contributed by atoms with Gasteiger partial charge in [0.25, 0.3) is 5.91 Å². The molecule has 0 aliphatic rings. The Kier molecular flexibility index (Phi) is 4.18. The predicted molar refractivity (Wildman–Crippen MR) is 85.3 cm³/mol. The molecule has 7 nitrogen and oxygen atoms in total. The molecule has 118 valence electrons. The molecule has 3 rings (SSSR count). The van der Waals surface area contributed by atoms with Crippen molar-refractivity contribution in [3.05, 3.63) is 47.9 Å². The van der Waals surface area contributed by atoms with E-state index in [1.165, 1.54) is 0 Å². The standard InChI is InChI=1S/C16H17N5O2/c1-21-14-8-12(9-19-13(14)10-20-21)15(22)17-7-5-11-4-3-6-18-16(11)23-2/h3-4,6,8-10H,5,7H2,1-2H3,(H,17,22). The molecule has 23 heavy (non-hydrogen) atoms. The third kappa shape index (κ3) is 3.13. The number of nitrogens with zero attached hydrogens (tertiary/aromatic N) is 4. The van der Waals surface area contributed by atoms with Crippen LogP contribution in [-0.2, 0) is 13.5 Å². The van der Waals surface area contributed by atoms with E-state index in [9.17, 15) is 4.79 Å². The first kappa shape index (κ1) is 15.0. The minimum atomic E-state index is -0.163. The van der Waals surface area contributed by atoms with Gasteiger partial charge in [0.2, 0.25) is 5.88 Å². The largest absolute Gasteiger partial charge is 0.481 e. The van der Waals surface area contributed by atoms with Gasteiger partial charge in [0, 0.05) is 31.5 Å². The molecule has 0 saturated heterocycles. The molecule has 0 aromatic carbocycles. The quantitative estimate of drug-likeness (QED) is 0.769. The van der Waals surface area contributed by atoms with Gasteiger partial charge < -0.3 is 10.1 Å². The van der Waals surface area contributed by atoms with Gasteiger partial charge in [-0.2, -0.15) is 5.10 Å². The molecular weight excluding hydrogens is 294 g/mol. The van der Waals surface area contributed by atoms with E-state index in [1.807, 2.05) is 19.2 Å². The summed E-state index contributed by atoms with van der Waals surface area (Å²) in [5.74, 6) is 0.420. The molecule has 3 aromatic heterocycles. The Balaban J connectivity index is 1.65. The van der Waals surface area contributed by atoms with Gasteiger partial charge in [-0.25, -0.2) is 4.98 Å². The fraction of sp³-hybridized carbons (Fsp3) is 0.250. The number of hydrogen-bond donors (Lipinski definition) is 1. The van der Waals surface area contributed by atoms with E-state index >= 15 is 0 Å². The summed E-state index contributed by atoms with van der Waals surface area (Å²) < 4.78 is 6.89. The van der Waals surface area contributed by atoms with E-state index < -0.39 is 0 Å². The molecule has 1 amide bonds. The Bertz CT molecular complexity index is 843. The fourth-order valence-corrected chi connectivity index (χ4v) is 2.36. The molecule has 0 spiro atoms. The normalized spacial score (nSPS) is 10.7. The van der Waals surface area contributed by atoms with Crippen molar-refractivity contribution in [2.75, 3.05) is 13.7 Å². The lowest BCUT2D eigenvalue weighted by molar-refractivity contribution is 0.0954. The molecule has 1 N–H and O–H groups in total. The number of carbonyl (C=O) groups is 1. The fourth-order valence-electron chi connectivity index (χ4n) is 2.36. The second kappa shape index (κ2) is 6.43. The van der Waals surface area contributed by atoms with E-state index in [1.54, 1.807) is 36.4 Å². The van der Waals surface area contributed by atoms with Crippen LogP contribution in [0.15, 0.2) is 36.8 Å². The summed E-state index contributed by atoms with van der Waals surface area (Å²) in [7, 11) is 3.40. The third-order valence-electron chi connectivity index (χ3n) is 3.58. The van der Waals surface area contributed by atoms with Gasteiger partial charge in [0.1, 0.15) is 5.52 Å². The summed E-state index contributed by atoms with van der Waals surface area (Å²) in [5, 5.41) is 7.00. The van der Waals surface area contributed by atoms with Gasteiger partial charge in [0.15, 0.2) is 0 Å². The molecule has 0 bridgehead atoms. The SMILES string of the molecule is COc1ncccc1CCNC(=O)c1cnc2cnn(C)c2c1. The molecule has 3 aromatic rings. The smallest absolute Gasteiger partial charge is 0.252 e.